The fourth-order valence-corrected chi connectivity index (χ4v) is 2.85. The summed E-state index contributed by atoms with van der Waals surface area (Å²) in [6.45, 7) is 3.67. The number of esters is 1. The smallest absolute Gasteiger partial charge is 0.338 e. The van der Waals surface area contributed by atoms with E-state index < -0.39 is 0 Å². The first kappa shape index (κ1) is 17.8. The molecule has 0 spiro atoms. The first-order valence-corrected chi connectivity index (χ1v) is 8.83. The average Bonchev–Trinajstić information content (AvgIpc) is 2.69. The Balaban J connectivity index is 1.68. The van der Waals surface area contributed by atoms with Crippen molar-refractivity contribution in [2.24, 2.45) is 0 Å². The molecule has 0 bridgehead atoms. The zero-order valence-corrected chi connectivity index (χ0v) is 14.8. The minimum Gasteiger partial charge on any atom is -0.462 e. The van der Waals surface area contributed by atoms with Crippen LogP contribution in [0.15, 0.2) is 36.7 Å². The second-order valence-corrected chi connectivity index (χ2v) is 6.06. The molecule has 26 heavy (non-hydrogen) atoms. The van der Waals surface area contributed by atoms with Crippen molar-refractivity contribution in [3.8, 4) is 0 Å². The van der Waals surface area contributed by atoms with E-state index in [2.05, 4.69) is 15.3 Å². The molecule has 1 fully saturated rings. The van der Waals surface area contributed by atoms with E-state index >= 15 is 0 Å². The number of anilines is 2. The van der Waals surface area contributed by atoms with Crippen molar-refractivity contribution in [3.63, 3.8) is 0 Å². The van der Waals surface area contributed by atoms with Crippen LogP contribution in [-0.2, 0) is 4.74 Å². The number of nitrogens with zero attached hydrogens (tertiary/aromatic N) is 3. The summed E-state index contributed by atoms with van der Waals surface area (Å²) in [6.07, 6.45) is 4.62. The molecule has 0 aliphatic carbocycles. The topological polar surface area (TPSA) is 84.4 Å². The van der Waals surface area contributed by atoms with Crippen LogP contribution in [0.4, 0.5) is 11.5 Å². The largest absolute Gasteiger partial charge is 0.462 e. The number of amides is 1. The zero-order valence-electron chi connectivity index (χ0n) is 14.8. The minimum atomic E-state index is -0.351. The lowest BCUT2D eigenvalue weighted by molar-refractivity contribution is 0.0526. The number of hydrogen-bond donors (Lipinski definition) is 1. The molecule has 1 amide bonds. The van der Waals surface area contributed by atoms with E-state index in [0.717, 1.165) is 31.6 Å². The monoisotopic (exact) mass is 354 g/mol. The quantitative estimate of drug-likeness (QED) is 0.831. The molecule has 136 valence electrons. The fourth-order valence-electron chi connectivity index (χ4n) is 2.85. The Kier molecular flexibility index (Phi) is 5.78. The third-order valence-electron chi connectivity index (χ3n) is 4.20. The SMILES string of the molecule is CCOC(=O)c1ccc(Nc2cc(C(=O)N3CCCCC3)ncn2)cc1. The van der Waals surface area contributed by atoms with Gasteiger partial charge >= 0.3 is 5.97 Å². The van der Waals surface area contributed by atoms with Crippen molar-refractivity contribution in [2.75, 3.05) is 25.0 Å². The highest BCUT2D eigenvalue weighted by molar-refractivity contribution is 5.93. The van der Waals surface area contributed by atoms with Gasteiger partial charge in [-0.25, -0.2) is 14.8 Å². The number of rotatable bonds is 5. The fraction of sp³-hybridized carbons (Fsp3) is 0.368. The molecule has 1 aliphatic heterocycles. The lowest BCUT2D eigenvalue weighted by Crippen LogP contribution is -2.36. The van der Waals surface area contributed by atoms with E-state index in [-0.39, 0.29) is 11.9 Å². The van der Waals surface area contributed by atoms with Crippen molar-refractivity contribution in [3.05, 3.63) is 47.9 Å². The third-order valence-corrected chi connectivity index (χ3v) is 4.20. The standard InChI is InChI=1S/C19H22N4O3/c1-2-26-19(25)14-6-8-15(9-7-14)22-17-12-16(20-13-21-17)18(24)23-10-4-3-5-11-23/h6-9,12-13H,2-5,10-11H2,1H3,(H,20,21,22). The van der Waals surface area contributed by atoms with Gasteiger partial charge in [0.2, 0.25) is 0 Å². The number of aromatic nitrogens is 2. The summed E-state index contributed by atoms with van der Waals surface area (Å²) in [6, 6.07) is 8.54. The van der Waals surface area contributed by atoms with Gasteiger partial charge in [0, 0.05) is 24.8 Å². The summed E-state index contributed by atoms with van der Waals surface area (Å²) >= 11 is 0. The number of nitrogens with one attached hydrogen (secondary N) is 1. The normalized spacial score (nSPS) is 14.0. The second-order valence-electron chi connectivity index (χ2n) is 6.06. The summed E-state index contributed by atoms with van der Waals surface area (Å²) in [4.78, 5) is 34.3. The number of hydrogen-bond acceptors (Lipinski definition) is 6. The molecule has 1 aromatic heterocycles. The predicted octanol–water partition coefficient (Wildman–Crippen LogP) is 3.02. The van der Waals surface area contributed by atoms with Gasteiger partial charge in [-0.2, -0.15) is 0 Å². The first-order chi connectivity index (χ1) is 12.7. The van der Waals surface area contributed by atoms with E-state index in [1.54, 1.807) is 37.3 Å². The maximum Gasteiger partial charge on any atom is 0.338 e. The van der Waals surface area contributed by atoms with Crippen molar-refractivity contribution >= 4 is 23.4 Å². The molecule has 0 unspecified atom stereocenters. The Bertz CT molecular complexity index is 771. The van der Waals surface area contributed by atoms with Gasteiger partial charge in [0.15, 0.2) is 0 Å². The summed E-state index contributed by atoms with van der Waals surface area (Å²) in [5, 5.41) is 3.13. The van der Waals surface area contributed by atoms with Crippen LogP contribution in [0.25, 0.3) is 0 Å². The van der Waals surface area contributed by atoms with Crippen LogP contribution in [0.1, 0.15) is 47.0 Å². The molecule has 7 nitrogen and oxygen atoms in total. The van der Waals surface area contributed by atoms with Gasteiger partial charge in [0.25, 0.3) is 5.91 Å². The Labute approximate surface area is 152 Å². The van der Waals surface area contributed by atoms with Gasteiger partial charge in [0.1, 0.15) is 17.8 Å². The Morgan fingerprint density at radius 3 is 2.54 bits per heavy atom. The number of piperidine rings is 1. The first-order valence-electron chi connectivity index (χ1n) is 8.83. The molecule has 1 N–H and O–H groups in total. The number of ether oxygens (including phenoxy) is 1. The van der Waals surface area contributed by atoms with Crippen LogP contribution in [0.3, 0.4) is 0 Å². The van der Waals surface area contributed by atoms with Crippen molar-refractivity contribution in [1.82, 2.24) is 14.9 Å². The maximum absolute atomic E-state index is 12.5. The van der Waals surface area contributed by atoms with E-state index in [1.165, 1.54) is 12.7 Å². The van der Waals surface area contributed by atoms with E-state index in [4.69, 9.17) is 4.74 Å². The highest BCUT2D eigenvalue weighted by Crippen LogP contribution is 2.18. The van der Waals surface area contributed by atoms with Gasteiger partial charge in [-0.15, -0.1) is 0 Å². The van der Waals surface area contributed by atoms with E-state index in [9.17, 15) is 9.59 Å². The molecule has 0 saturated carbocycles. The zero-order chi connectivity index (χ0) is 18.4. The van der Waals surface area contributed by atoms with Crippen LogP contribution in [0.2, 0.25) is 0 Å². The highest BCUT2D eigenvalue weighted by Gasteiger charge is 2.19. The minimum absolute atomic E-state index is 0.0622. The molecular formula is C19H22N4O3. The highest BCUT2D eigenvalue weighted by atomic mass is 16.5. The van der Waals surface area contributed by atoms with Gasteiger partial charge < -0.3 is 15.0 Å². The van der Waals surface area contributed by atoms with Crippen LogP contribution in [-0.4, -0.2) is 46.4 Å². The van der Waals surface area contributed by atoms with Crippen LogP contribution < -0.4 is 5.32 Å². The van der Waals surface area contributed by atoms with Gasteiger partial charge in [-0.05, 0) is 50.5 Å². The Hall–Kier alpha value is -2.96. The number of benzene rings is 1. The lowest BCUT2D eigenvalue weighted by Gasteiger charge is -2.26. The van der Waals surface area contributed by atoms with Crippen LogP contribution in [0.5, 0.6) is 0 Å². The average molecular weight is 354 g/mol. The molecule has 1 aliphatic rings. The molecule has 0 atom stereocenters. The second kappa shape index (κ2) is 8.42. The van der Waals surface area contributed by atoms with Gasteiger partial charge in [-0.3, -0.25) is 4.79 Å². The van der Waals surface area contributed by atoms with E-state index in [1.807, 2.05) is 4.90 Å². The number of likely N-dealkylation sites (tertiary alicyclic amines) is 1. The maximum atomic E-state index is 12.5. The molecular weight excluding hydrogens is 332 g/mol. The molecule has 1 saturated heterocycles. The Morgan fingerprint density at radius 1 is 1.12 bits per heavy atom. The van der Waals surface area contributed by atoms with Gasteiger partial charge in [-0.1, -0.05) is 0 Å². The van der Waals surface area contributed by atoms with Crippen molar-refractivity contribution < 1.29 is 14.3 Å². The third kappa shape index (κ3) is 4.36. The molecule has 2 aromatic rings. The predicted molar refractivity (Wildman–Crippen MR) is 97.5 cm³/mol. The molecule has 1 aromatic carbocycles. The summed E-state index contributed by atoms with van der Waals surface area (Å²) in [5.74, 6) is 0.118. The number of carbonyl (C=O) groups is 2. The van der Waals surface area contributed by atoms with Crippen LogP contribution in [0, 0.1) is 0 Å². The lowest BCUT2D eigenvalue weighted by atomic mass is 10.1. The van der Waals surface area contributed by atoms with Crippen molar-refractivity contribution in [1.29, 1.82) is 0 Å². The molecule has 0 radical (unpaired) electrons. The summed E-state index contributed by atoms with van der Waals surface area (Å²) in [5.41, 5.74) is 1.63. The molecule has 3 rings (SSSR count). The van der Waals surface area contributed by atoms with Crippen LogP contribution >= 0.6 is 0 Å². The van der Waals surface area contributed by atoms with Gasteiger partial charge in [0.05, 0.1) is 12.2 Å². The summed E-state index contributed by atoms with van der Waals surface area (Å²) in [7, 11) is 0. The Morgan fingerprint density at radius 2 is 1.85 bits per heavy atom. The van der Waals surface area contributed by atoms with Crippen molar-refractivity contribution in [2.45, 2.75) is 26.2 Å². The molecule has 2 heterocycles. The molecule has 7 heteroatoms. The summed E-state index contributed by atoms with van der Waals surface area (Å²) < 4.78 is 4.96. The number of carbonyl (C=O) groups excluding carboxylic acids is 2. The van der Waals surface area contributed by atoms with E-state index in [0.29, 0.717) is 23.7 Å².